The molecule has 1 atom stereocenters. The van der Waals surface area contributed by atoms with Crippen LogP contribution in [0.15, 0.2) is 28.7 Å². The minimum atomic E-state index is 0.262. The first kappa shape index (κ1) is 10.5. The van der Waals surface area contributed by atoms with Gasteiger partial charge < -0.3 is 0 Å². The van der Waals surface area contributed by atoms with E-state index in [0.29, 0.717) is 5.37 Å². The van der Waals surface area contributed by atoms with Gasteiger partial charge >= 0.3 is 0 Å². The summed E-state index contributed by atoms with van der Waals surface area (Å²) in [5, 5.41) is 4.06. The van der Waals surface area contributed by atoms with E-state index in [4.69, 9.17) is 0 Å². The van der Waals surface area contributed by atoms with Gasteiger partial charge in [-0.2, -0.15) is 0 Å². The number of nitrogens with one attached hydrogen (secondary N) is 1. The Morgan fingerprint density at radius 3 is 2.86 bits per heavy atom. The molecule has 1 aliphatic heterocycles. The number of halogens is 1. The highest BCUT2D eigenvalue weighted by Gasteiger charge is 2.31. The van der Waals surface area contributed by atoms with Crippen molar-refractivity contribution in [2.24, 2.45) is 0 Å². The Bertz CT molecular complexity index is 338. The van der Waals surface area contributed by atoms with Crippen molar-refractivity contribution in [3.8, 4) is 0 Å². The highest BCUT2D eigenvalue weighted by Crippen LogP contribution is 2.37. The van der Waals surface area contributed by atoms with Crippen LogP contribution in [0.1, 0.15) is 24.8 Å². The van der Waals surface area contributed by atoms with Crippen LogP contribution in [0.3, 0.4) is 0 Å². The van der Waals surface area contributed by atoms with Crippen molar-refractivity contribution < 1.29 is 0 Å². The lowest BCUT2D eigenvalue weighted by Crippen LogP contribution is -2.35. The van der Waals surface area contributed by atoms with E-state index >= 15 is 0 Å². The second-order valence-corrected chi connectivity index (χ2v) is 6.28. The lowest BCUT2D eigenvalue weighted by Gasteiger charge is -2.19. The van der Waals surface area contributed by atoms with Gasteiger partial charge in [-0.15, -0.1) is 11.8 Å². The zero-order valence-corrected chi connectivity index (χ0v) is 10.8. The van der Waals surface area contributed by atoms with Gasteiger partial charge in [0.05, 0.1) is 5.37 Å². The van der Waals surface area contributed by atoms with Crippen LogP contribution in [0.2, 0.25) is 0 Å². The predicted octanol–water partition coefficient (Wildman–Crippen LogP) is 3.56. The molecule has 1 saturated heterocycles. The number of benzene rings is 1. The second kappa shape index (κ2) is 3.87. The monoisotopic (exact) mass is 271 g/mol. The fourth-order valence-corrected chi connectivity index (χ4v) is 3.40. The van der Waals surface area contributed by atoms with Gasteiger partial charge in [0.2, 0.25) is 0 Å². The van der Waals surface area contributed by atoms with Crippen molar-refractivity contribution in [3.63, 3.8) is 0 Å². The molecule has 3 heteroatoms. The van der Waals surface area contributed by atoms with Crippen molar-refractivity contribution in [1.82, 2.24) is 5.32 Å². The van der Waals surface area contributed by atoms with Crippen LogP contribution < -0.4 is 5.32 Å². The topological polar surface area (TPSA) is 12.0 Å². The Morgan fingerprint density at radius 1 is 1.50 bits per heavy atom. The first-order valence-corrected chi connectivity index (χ1v) is 6.56. The average molecular weight is 272 g/mol. The first-order valence-electron chi connectivity index (χ1n) is 4.72. The molecule has 0 saturated carbocycles. The normalized spacial score (nSPS) is 25.2. The van der Waals surface area contributed by atoms with Crippen molar-refractivity contribution in [1.29, 1.82) is 0 Å². The molecule has 1 N–H and O–H groups in total. The molecule has 0 aromatic heterocycles. The van der Waals surface area contributed by atoms with E-state index in [-0.39, 0.29) is 5.54 Å². The standard InChI is InChI=1S/C11H14BrNS/c1-11(2)7-14-10(13-11)8-4-3-5-9(12)6-8/h3-6,10,13H,7H2,1-2H3. The van der Waals surface area contributed by atoms with Crippen LogP contribution in [0.4, 0.5) is 0 Å². The van der Waals surface area contributed by atoms with Crippen LogP contribution >= 0.6 is 27.7 Å². The Hall–Kier alpha value is 0.01000. The molecule has 0 bridgehead atoms. The molecule has 1 aliphatic rings. The molecule has 0 aliphatic carbocycles. The number of rotatable bonds is 1. The minimum absolute atomic E-state index is 0.262. The molecule has 1 nitrogen and oxygen atoms in total. The van der Waals surface area contributed by atoms with Crippen molar-refractivity contribution in [3.05, 3.63) is 34.3 Å². The second-order valence-electron chi connectivity index (χ2n) is 4.27. The molecule has 0 radical (unpaired) electrons. The SMILES string of the molecule is CC1(C)CSC(c2cccc(Br)c2)N1. The molecule has 0 spiro atoms. The van der Waals surface area contributed by atoms with Gasteiger partial charge in [-0.1, -0.05) is 28.1 Å². The van der Waals surface area contributed by atoms with Gasteiger partial charge in [0.25, 0.3) is 0 Å². The molecule has 1 aromatic carbocycles. The Balaban J connectivity index is 2.17. The van der Waals surface area contributed by atoms with E-state index in [1.807, 2.05) is 11.8 Å². The summed E-state index contributed by atoms with van der Waals surface area (Å²) in [5.74, 6) is 1.17. The zero-order valence-electron chi connectivity index (χ0n) is 8.38. The van der Waals surface area contributed by atoms with Crippen LogP contribution in [0, 0.1) is 0 Å². The van der Waals surface area contributed by atoms with E-state index in [0.717, 1.165) is 4.47 Å². The summed E-state index contributed by atoms with van der Waals surface area (Å²) in [6, 6.07) is 8.52. The Morgan fingerprint density at radius 2 is 2.29 bits per heavy atom. The Labute approximate surface area is 97.8 Å². The van der Waals surface area contributed by atoms with E-state index in [1.54, 1.807) is 0 Å². The van der Waals surface area contributed by atoms with Crippen LogP contribution in [-0.4, -0.2) is 11.3 Å². The van der Waals surface area contributed by atoms with Crippen molar-refractivity contribution >= 4 is 27.7 Å². The van der Waals surface area contributed by atoms with Crippen LogP contribution in [0.25, 0.3) is 0 Å². The molecule has 0 amide bonds. The highest BCUT2D eigenvalue weighted by atomic mass is 79.9. The molecule has 2 rings (SSSR count). The van der Waals surface area contributed by atoms with Crippen LogP contribution in [0.5, 0.6) is 0 Å². The average Bonchev–Trinajstić information content (AvgIpc) is 2.46. The third kappa shape index (κ3) is 2.33. The summed E-state index contributed by atoms with van der Waals surface area (Å²) >= 11 is 5.48. The van der Waals surface area contributed by atoms with E-state index in [2.05, 4.69) is 59.4 Å². The highest BCUT2D eigenvalue weighted by molar-refractivity contribution is 9.10. The molecular weight excluding hydrogens is 258 g/mol. The lowest BCUT2D eigenvalue weighted by molar-refractivity contribution is 0.452. The van der Waals surface area contributed by atoms with Gasteiger partial charge in [0, 0.05) is 15.8 Å². The van der Waals surface area contributed by atoms with Gasteiger partial charge in [0.15, 0.2) is 0 Å². The first-order chi connectivity index (χ1) is 6.57. The summed E-state index contributed by atoms with van der Waals surface area (Å²) in [5.41, 5.74) is 1.62. The van der Waals surface area contributed by atoms with Crippen molar-refractivity contribution in [2.75, 3.05) is 5.75 Å². The molecule has 1 heterocycles. The zero-order chi connectivity index (χ0) is 10.2. The van der Waals surface area contributed by atoms with E-state index in [9.17, 15) is 0 Å². The molecule has 1 aromatic rings. The summed E-state index contributed by atoms with van der Waals surface area (Å²) in [7, 11) is 0. The minimum Gasteiger partial charge on any atom is -0.296 e. The maximum Gasteiger partial charge on any atom is 0.0794 e. The number of thioether (sulfide) groups is 1. The molecule has 14 heavy (non-hydrogen) atoms. The van der Waals surface area contributed by atoms with Gasteiger partial charge in [0.1, 0.15) is 0 Å². The smallest absolute Gasteiger partial charge is 0.0794 e. The fourth-order valence-electron chi connectivity index (χ4n) is 1.58. The Kier molecular flexibility index (Phi) is 2.91. The van der Waals surface area contributed by atoms with Crippen molar-refractivity contribution in [2.45, 2.75) is 24.8 Å². The maximum absolute atomic E-state index is 3.62. The summed E-state index contributed by atoms with van der Waals surface area (Å²) in [4.78, 5) is 0. The third-order valence-corrected chi connectivity index (χ3v) is 4.39. The quantitative estimate of drug-likeness (QED) is 0.839. The maximum atomic E-state index is 3.62. The third-order valence-electron chi connectivity index (χ3n) is 2.28. The van der Waals surface area contributed by atoms with Gasteiger partial charge in [-0.05, 0) is 31.5 Å². The van der Waals surface area contributed by atoms with Crippen LogP contribution in [-0.2, 0) is 0 Å². The summed E-state index contributed by atoms with van der Waals surface area (Å²) in [6.45, 7) is 4.50. The molecule has 1 unspecified atom stereocenters. The number of hydrogen-bond acceptors (Lipinski definition) is 2. The summed E-state index contributed by atoms with van der Waals surface area (Å²) in [6.07, 6.45) is 0. The molecule has 76 valence electrons. The van der Waals surface area contributed by atoms with E-state index < -0.39 is 0 Å². The van der Waals surface area contributed by atoms with Gasteiger partial charge in [-0.3, -0.25) is 5.32 Å². The molecule has 1 fully saturated rings. The largest absolute Gasteiger partial charge is 0.296 e. The summed E-state index contributed by atoms with van der Waals surface area (Å²) < 4.78 is 1.15. The lowest BCUT2D eigenvalue weighted by atomic mass is 10.1. The number of hydrogen-bond donors (Lipinski definition) is 1. The fraction of sp³-hybridized carbons (Fsp3) is 0.455. The molecular formula is C11H14BrNS. The van der Waals surface area contributed by atoms with E-state index in [1.165, 1.54) is 11.3 Å². The van der Waals surface area contributed by atoms with Gasteiger partial charge in [-0.25, -0.2) is 0 Å². The predicted molar refractivity (Wildman–Crippen MR) is 66.6 cm³/mol.